The highest BCUT2D eigenvalue weighted by Gasteiger charge is 2.07. The molecule has 0 fully saturated rings. The Balaban J connectivity index is 2.02. The second kappa shape index (κ2) is 5.96. The van der Waals surface area contributed by atoms with Gasteiger partial charge in [0, 0.05) is 16.5 Å². The van der Waals surface area contributed by atoms with Gasteiger partial charge in [0.1, 0.15) is 0 Å². The van der Waals surface area contributed by atoms with Crippen LogP contribution in [0.3, 0.4) is 0 Å². The van der Waals surface area contributed by atoms with Gasteiger partial charge in [-0.05, 0) is 36.6 Å². The molecule has 0 aliphatic heterocycles. The van der Waals surface area contributed by atoms with Crippen molar-refractivity contribution in [1.29, 1.82) is 0 Å². The van der Waals surface area contributed by atoms with Crippen LogP contribution in [0.25, 0.3) is 0 Å². The summed E-state index contributed by atoms with van der Waals surface area (Å²) >= 11 is 3.44. The first kappa shape index (κ1) is 13.0. The quantitative estimate of drug-likeness (QED) is 0.756. The van der Waals surface area contributed by atoms with Crippen LogP contribution in [0.5, 0.6) is 0 Å². The number of carbonyl (C=O) groups is 1. The normalized spacial score (nSPS) is 10.3. The van der Waals surface area contributed by atoms with Crippen molar-refractivity contribution in [2.45, 2.75) is 19.8 Å². The lowest BCUT2D eigenvalue weighted by atomic mass is 10.0. The maximum absolute atomic E-state index is 12.1. The molecule has 0 atom stereocenters. The predicted octanol–water partition coefficient (Wildman–Crippen LogP) is 4.57. The van der Waals surface area contributed by atoms with E-state index in [0.29, 0.717) is 6.42 Å². The van der Waals surface area contributed by atoms with E-state index in [-0.39, 0.29) is 5.78 Å². The number of carbonyl (C=O) groups excluding carboxylic acids is 1. The minimum absolute atomic E-state index is 0.203. The molecule has 0 aliphatic carbocycles. The Morgan fingerprint density at radius 3 is 2.50 bits per heavy atom. The molecule has 0 saturated heterocycles. The summed E-state index contributed by atoms with van der Waals surface area (Å²) in [6.07, 6.45) is 1.36. The fourth-order valence-electron chi connectivity index (χ4n) is 1.87. The third-order valence-electron chi connectivity index (χ3n) is 2.96. The summed E-state index contributed by atoms with van der Waals surface area (Å²) in [5.41, 5.74) is 3.10. The van der Waals surface area contributed by atoms with Gasteiger partial charge in [-0.1, -0.05) is 52.3 Å². The summed E-state index contributed by atoms with van der Waals surface area (Å²) in [7, 11) is 0. The van der Waals surface area contributed by atoms with Crippen LogP contribution in [0.2, 0.25) is 0 Å². The molecular formula is C16H15BrO. The molecule has 0 spiro atoms. The number of ketones is 1. The van der Waals surface area contributed by atoms with E-state index in [4.69, 9.17) is 0 Å². The molecule has 0 bridgehead atoms. The molecule has 0 radical (unpaired) electrons. The van der Waals surface area contributed by atoms with Crippen LogP contribution in [-0.4, -0.2) is 5.78 Å². The van der Waals surface area contributed by atoms with E-state index >= 15 is 0 Å². The molecule has 2 aromatic rings. The minimum atomic E-state index is 0.203. The average molecular weight is 303 g/mol. The van der Waals surface area contributed by atoms with E-state index in [2.05, 4.69) is 28.1 Å². The van der Waals surface area contributed by atoms with Gasteiger partial charge in [-0.15, -0.1) is 0 Å². The number of rotatable bonds is 4. The van der Waals surface area contributed by atoms with E-state index in [9.17, 15) is 4.79 Å². The summed E-state index contributed by atoms with van der Waals surface area (Å²) in [4.78, 5) is 12.1. The van der Waals surface area contributed by atoms with E-state index < -0.39 is 0 Å². The first-order valence-electron chi connectivity index (χ1n) is 6.00. The zero-order valence-corrected chi connectivity index (χ0v) is 11.9. The predicted molar refractivity (Wildman–Crippen MR) is 78.0 cm³/mol. The van der Waals surface area contributed by atoms with Crippen molar-refractivity contribution in [3.8, 4) is 0 Å². The summed E-state index contributed by atoms with van der Waals surface area (Å²) in [6.45, 7) is 2.00. The molecule has 0 amide bonds. The molecular weight excluding hydrogens is 288 g/mol. The fraction of sp³-hybridized carbons (Fsp3) is 0.188. The fourth-order valence-corrected chi connectivity index (χ4v) is 2.11. The van der Waals surface area contributed by atoms with Crippen molar-refractivity contribution in [2.24, 2.45) is 0 Å². The highest BCUT2D eigenvalue weighted by atomic mass is 79.9. The van der Waals surface area contributed by atoms with Crippen molar-refractivity contribution < 1.29 is 4.79 Å². The Hall–Kier alpha value is -1.41. The summed E-state index contributed by atoms with van der Waals surface area (Å²) in [6, 6.07) is 15.9. The third kappa shape index (κ3) is 3.30. The van der Waals surface area contributed by atoms with E-state index in [1.807, 2.05) is 43.3 Å². The Morgan fingerprint density at radius 2 is 1.83 bits per heavy atom. The summed E-state index contributed by atoms with van der Waals surface area (Å²) < 4.78 is 1.04. The smallest absolute Gasteiger partial charge is 0.163 e. The zero-order valence-electron chi connectivity index (χ0n) is 10.3. The highest BCUT2D eigenvalue weighted by Crippen LogP contribution is 2.18. The first-order chi connectivity index (χ1) is 8.66. The number of hydrogen-bond donors (Lipinski definition) is 0. The number of hydrogen-bond acceptors (Lipinski definition) is 1. The van der Waals surface area contributed by atoms with E-state index in [1.165, 1.54) is 5.56 Å². The Morgan fingerprint density at radius 1 is 1.11 bits per heavy atom. The summed E-state index contributed by atoms with van der Waals surface area (Å²) in [5.74, 6) is 0.203. The van der Waals surface area contributed by atoms with Crippen LogP contribution in [0, 0.1) is 6.92 Å². The van der Waals surface area contributed by atoms with Crippen molar-refractivity contribution >= 4 is 21.7 Å². The number of halogens is 1. The van der Waals surface area contributed by atoms with Crippen LogP contribution < -0.4 is 0 Å². The van der Waals surface area contributed by atoms with Gasteiger partial charge in [-0.3, -0.25) is 4.79 Å². The van der Waals surface area contributed by atoms with Gasteiger partial charge in [0.15, 0.2) is 5.78 Å². The molecule has 0 aliphatic rings. The molecule has 1 nitrogen and oxygen atoms in total. The van der Waals surface area contributed by atoms with Gasteiger partial charge >= 0.3 is 0 Å². The van der Waals surface area contributed by atoms with Crippen molar-refractivity contribution in [2.75, 3.05) is 0 Å². The van der Waals surface area contributed by atoms with E-state index in [0.717, 1.165) is 22.0 Å². The lowest BCUT2D eigenvalue weighted by molar-refractivity contribution is 0.0982. The number of benzene rings is 2. The van der Waals surface area contributed by atoms with Gasteiger partial charge in [-0.2, -0.15) is 0 Å². The van der Waals surface area contributed by atoms with Gasteiger partial charge in [0.05, 0.1) is 0 Å². The molecule has 2 aromatic carbocycles. The monoisotopic (exact) mass is 302 g/mol. The molecule has 18 heavy (non-hydrogen) atoms. The molecule has 0 saturated carbocycles. The Labute approximate surface area is 116 Å². The molecule has 92 valence electrons. The van der Waals surface area contributed by atoms with Gasteiger partial charge in [-0.25, -0.2) is 0 Å². The second-order valence-electron chi connectivity index (χ2n) is 4.37. The highest BCUT2D eigenvalue weighted by molar-refractivity contribution is 9.10. The van der Waals surface area contributed by atoms with Crippen molar-refractivity contribution in [3.05, 3.63) is 69.7 Å². The van der Waals surface area contributed by atoms with Crippen LogP contribution in [0.1, 0.15) is 27.9 Å². The Bertz CT molecular complexity index is 546. The topological polar surface area (TPSA) is 17.1 Å². The first-order valence-corrected chi connectivity index (χ1v) is 6.79. The van der Waals surface area contributed by atoms with Crippen LogP contribution in [0.15, 0.2) is 53.0 Å². The minimum Gasteiger partial charge on any atom is -0.294 e. The maximum Gasteiger partial charge on any atom is 0.163 e. The molecule has 0 N–H and O–H groups in total. The SMILES string of the molecule is Cc1cc(C(=O)CCc2ccccc2)ccc1Br. The molecule has 0 aromatic heterocycles. The lowest BCUT2D eigenvalue weighted by Gasteiger charge is -2.04. The maximum atomic E-state index is 12.1. The molecule has 2 rings (SSSR count). The third-order valence-corrected chi connectivity index (χ3v) is 3.85. The van der Waals surface area contributed by atoms with Crippen LogP contribution in [0.4, 0.5) is 0 Å². The standard InChI is InChI=1S/C16H15BrO/c1-12-11-14(8-9-15(12)17)16(18)10-7-13-5-3-2-4-6-13/h2-6,8-9,11H,7,10H2,1H3. The van der Waals surface area contributed by atoms with E-state index in [1.54, 1.807) is 0 Å². The average Bonchev–Trinajstić information content (AvgIpc) is 2.40. The van der Waals surface area contributed by atoms with Crippen LogP contribution >= 0.6 is 15.9 Å². The largest absolute Gasteiger partial charge is 0.294 e. The Kier molecular flexibility index (Phi) is 4.32. The van der Waals surface area contributed by atoms with Gasteiger partial charge in [0.25, 0.3) is 0 Å². The summed E-state index contributed by atoms with van der Waals surface area (Å²) in [5, 5.41) is 0. The van der Waals surface area contributed by atoms with Crippen LogP contribution in [-0.2, 0) is 6.42 Å². The van der Waals surface area contributed by atoms with Crippen molar-refractivity contribution in [3.63, 3.8) is 0 Å². The zero-order chi connectivity index (χ0) is 13.0. The van der Waals surface area contributed by atoms with Crippen molar-refractivity contribution in [1.82, 2.24) is 0 Å². The number of aryl methyl sites for hydroxylation is 2. The molecule has 0 unspecified atom stereocenters. The molecule has 0 heterocycles. The van der Waals surface area contributed by atoms with Gasteiger partial charge < -0.3 is 0 Å². The van der Waals surface area contributed by atoms with Gasteiger partial charge in [0.2, 0.25) is 0 Å². The second-order valence-corrected chi connectivity index (χ2v) is 5.23. The lowest BCUT2D eigenvalue weighted by Crippen LogP contribution is -2.01. The number of Topliss-reactive ketones (excluding diaryl/α,β-unsaturated/α-hetero) is 1. The molecule has 2 heteroatoms.